The second-order valence-corrected chi connectivity index (χ2v) is 4.80. The molecule has 1 amide bonds. The van der Waals surface area contributed by atoms with Crippen molar-refractivity contribution in [2.75, 3.05) is 5.32 Å². The highest BCUT2D eigenvalue weighted by Crippen LogP contribution is 2.20. The number of hydrogen-bond acceptors (Lipinski definition) is 3. The molecule has 110 valence electrons. The lowest BCUT2D eigenvalue weighted by atomic mass is 10.1. The highest BCUT2D eigenvalue weighted by atomic mass is 16.4. The average molecular weight is 287 g/mol. The number of amides is 1. The molecule has 0 bridgehead atoms. The Balaban J connectivity index is 2.18. The summed E-state index contributed by atoms with van der Waals surface area (Å²) < 4.78 is 1.40. The molecule has 0 fully saturated rings. The van der Waals surface area contributed by atoms with Gasteiger partial charge in [-0.1, -0.05) is 18.2 Å². The number of aliphatic carboxylic acids is 1. The molecule has 0 aliphatic carbocycles. The standard InChI is InChI=1S/C15H17N3O3/c1-10-4-3-5-11(2)14(10)17-15(21)12-6-8-16-18(12)9-7-13(19)20/h3-6,8H,7,9H2,1-2H3,(H,17,21)(H,19,20). The number of carbonyl (C=O) groups is 2. The molecule has 0 aliphatic heterocycles. The topological polar surface area (TPSA) is 84.2 Å². The van der Waals surface area contributed by atoms with Gasteiger partial charge in [0.25, 0.3) is 5.91 Å². The van der Waals surface area contributed by atoms with Gasteiger partial charge in [0.1, 0.15) is 5.69 Å². The van der Waals surface area contributed by atoms with E-state index in [1.165, 1.54) is 10.9 Å². The Morgan fingerprint density at radius 3 is 2.52 bits per heavy atom. The minimum atomic E-state index is -0.924. The van der Waals surface area contributed by atoms with E-state index in [2.05, 4.69) is 10.4 Å². The lowest BCUT2D eigenvalue weighted by molar-refractivity contribution is -0.137. The third kappa shape index (κ3) is 3.47. The predicted octanol–water partition coefficient (Wildman–Crippen LogP) is 2.23. The van der Waals surface area contributed by atoms with Crippen LogP contribution in [0.3, 0.4) is 0 Å². The maximum Gasteiger partial charge on any atom is 0.305 e. The van der Waals surface area contributed by atoms with Gasteiger partial charge in [-0.05, 0) is 31.0 Å². The van der Waals surface area contributed by atoms with Gasteiger partial charge in [-0.2, -0.15) is 5.10 Å². The molecule has 0 aliphatic rings. The Labute approximate surface area is 122 Å². The summed E-state index contributed by atoms with van der Waals surface area (Å²) in [5.41, 5.74) is 3.06. The maximum atomic E-state index is 12.3. The van der Waals surface area contributed by atoms with Crippen LogP contribution in [0.2, 0.25) is 0 Å². The molecule has 0 radical (unpaired) electrons. The van der Waals surface area contributed by atoms with Crippen molar-refractivity contribution in [2.45, 2.75) is 26.8 Å². The predicted molar refractivity (Wildman–Crippen MR) is 78.3 cm³/mol. The number of aryl methyl sites for hydroxylation is 3. The molecule has 0 spiro atoms. The van der Waals surface area contributed by atoms with E-state index in [9.17, 15) is 9.59 Å². The van der Waals surface area contributed by atoms with Gasteiger partial charge in [0.2, 0.25) is 0 Å². The van der Waals surface area contributed by atoms with E-state index in [4.69, 9.17) is 5.11 Å². The van der Waals surface area contributed by atoms with Crippen LogP contribution in [-0.2, 0) is 11.3 Å². The molecule has 2 aromatic rings. The fourth-order valence-corrected chi connectivity index (χ4v) is 2.09. The highest BCUT2D eigenvalue weighted by molar-refractivity contribution is 6.03. The van der Waals surface area contributed by atoms with Gasteiger partial charge in [-0.15, -0.1) is 0 Å². The number of carboxylic acid groups (broad SMARTS) is 1. The fourth-order valence-electron chi connectivity index (χ4n) is 2.09. The smallest absolute Gasteiger partial charge is 0.305 e. The second kappa shape index (κ2) is 6.21. The molecule has 1 heterocycles. The first kappa shape index (κ1) is 14.8. The number of rotatable bonds is 5. The number of benzene rings is 1. The average Bonchev–Trinajstić information content (AvgIpc) is 2.89. The quantitative estimate of drug-likeness (QED) is 0.883. The summed E-state index contributed by atoms with van der Waals surface area (Å²) >= 11 is 0. The van der Waals surface area contributed by atoms with E-state index in [1.54, 1.807) is 6.07 Å². The number of hydrogen-bond donors (Lipinski definition) is 2. The molecule has 1 aromatic heterocycles. The Morgan fingerprint density at radius 2 is 1.90 bits per heavy atom. The molecule has 0 saturated heterocycles. The van der Waals surface area contributed by atoms with Crippen molar-refractivity contribution in [3.05, 3.63) is 47.3 Å². The van der Waals surface area contributed by atoms with Crippen molar-refractivity contribution >= 4 is 17.6 Å². The summed E-state index contributed by atoms with van der Waals surface area (Å²) in [7, 11) is 0. The van der Waals surface area contributed by atoms with Gasteiger partial charge in [0.05, 0.1) is 13.0 Å². The van der Waals surface area contributed by atoms with Gasteiger partial charge in [0.15, 0.2) is 0 Å². The molecular formula is C15H17N3O3. The third-order valence-corrected chi connectivity index (χ3v) is 3.21. The van der Waals surface area contributed by atoms with Gasteiger partial charge >= 0.3 is 5.97 Å². The molecule has 1 aromatic carbocycles. The van der Waals surface area contributed by atoms with E-state index >= 15 is 0 Å². The third-order valence-electron chi connectivity index (χ3n) is 3.21. The monoisotopic (exact) mass is 287 g/mol. The van der Waals surface area contributed by atoms with Crippen molar-refractivity contribution < 1.29 is 14.7 Å². The van der Waals surface area contributed by atoms with Gasteiger partial charge < -0.3 is 10.4 Å². The van der Waals surface area contributed by atoms with E-state index in [0.29, 0.717) is 5.69 Å². The molecular weight excluding hydrogens is 270 g/mol. The van der Waals surface area contributed by atoms with Crippen LogP contribution in [-0.4, -0.2) is 26.8 Å². The lowest BCUT2D eigenvalue weighted by Gasteiger charge is -2.12. The van der Waals surface area contributed by atoms with Gasteiger partial charge in [0, 0.05) is 11.9 Å². The highest BCUT2D eigenvalue weighted by Gasteiger charge is 2.14. The summed E-state index contributed by atoms with van der Waals surface area (Å²) in [6.45, 7) is 4.01. The number of aromatic nitrogens is 2. The first-order chi connectivity index (χ1) is 9.99. The van der Waals surface area contributed by atoms with Crippen LogP contribution >= 0.6 is 0 Å². The zero-order valence-electron chi connectivity index (χ0n) is 12.0. The van der Waals surface area contributed by atoms with Crippen LogP contribution in [0, 0.1) is 13.8 Å². The SMILES string of the molecule is Cc1cccc(C)c1NC(=O)c1ccnn1CCC(=O)O. The first-order valence-corrected chi connectivity index (χ1v) is 6.60. The number of para-hydroxylation sites is 1. The van der Waals surface area contributed by atoms with Gasteiger partial charge in [-0.3, -0.25) is 14.3 Å². The van der Waals surface area contributed by atoms with Crippen LogP contribution in [0.5, 0.6) is 0 Å². The Bertz CT molecular complexity index is 656. The molecule has 6 heteroatoms. The van der Waals surface area contributed by atoms with Gasteiger partial charge in [-0.25, -0.2) is 0 Å². The zero-order valence-corrected chi connectivity index (χ0v) is 12.0. The Morgan fingerprint density at radius 1 is 1.24 bits per heavy atom. The van der Waals surface area contributed by atoms with Crippen LogP contribution in [0.4, 0.5) is 5.69 Å². The molecule has 21 heavy (non-hydrogen) atoms. The van der Waals surface area contributed by atoms with Crippen molar-refractivity contribution in [2.24, 2.45) is 0 Å². The van der Waals surface area contributed by atoms with Crippen LogP contribution in [0.25, 0.3) is 0 Å². The second-order valence-electron chi connectivity index (χ2n) is 4.80. The first-order valence-electron chi connectivity index (χ1n) is 6.60. The van der Waals surface area contributed by atoms with Crippen LogP contribution < -0.4 is 5.32 Å². The summed E-state index contributed by atoms with van der Waals surface area (Å²) in [6, 6.07) is 7.34. The minimum absolute atomic E-state index is 0.0780. The summed E-state index contributed by atoms with van der Waals surface area (Å²) in [5, 5.41) is 15.6. The summed E-state index contributed by atoms with van der Waals surface area (Å²) in [6.07, 6.45) is 1.41. The normalized spacial score (nSPS) is 10.4. The lowest BCUT2D eigenvalue weighted by Crippen LogP contribution is -2.19. The molecule has 0 unspecified atom stereocenters. The Hall–Kier alpha value is -2.63. The number of carbonyl (C=O) groups excluding carboxylic acids is 1. The largest absolute Gasteiger partial charge is 0.481 e. The fraction of sp³-hybridized carbons (Fsp3) is 0.267. The van der Waals surface area contributed by atoms with Crippen LogP contribution in [0.1, 0.15) is 28.0 Å². The van der Waals surface area contributed by atoms with E-state index in [1.807, 2.05) is 32.0 Å². The van der Waals surface area contributed by atoms with Crippen LogP contribution in [0.15, 0.2) is 30.5 Å². The minimum Gasteiger partial charge on any atom is -0.481 e. The molecule has 2 N–H and O–H groups in total. The van der Waals surface area contributed by atoms with E-state index in [-0.39, 0.29) is 18.9 Å². The zero-order chi connectivity index (χ0) is 15.4. The van der Waals surface area contributed by atoms with Crippen molar-refractivity contribution in [1.29, 1.82) is 0 Å². The summed E-state index contributed by atoms with van der Waals surface area (Å²) in [4.78, 5) is 22.9. The van der Waals surface area contributed by atoms with E-state index < -0.39 is 5.97 Å². The van der Waals surface area contributed by atoms with Crippen molar-refractivity contribution in [3.63, 3.8) is 0 Å². The maximum absolute atomic E-state index is 12.3. The Kier molecular flexibility index (Phi) is 4.37. The van der Waals surface area contributed by atoms with E-state index in [0.717, 1.165) is 16.8 Å². The van der Waals surface area contributed by atoms with Crippen molar-refractivity contribution in [1.82, 2.24) is 9.78 Å². The number of nitrogens with zero attached hydrogens (tertiary/aromatic N) is 2. The van der Waals surface area contributed by atoms with Crippen molar-refractivity contribution in [3.8, 4) is 0 Å². The molecule has 2 rings (SSSR count). The molecule has 6 nitrogen and oxygen atoms in total. The number of carboxylic acids is 1. The molecule has 0 atom stereocenters. The summed E-state index contributed by atoms with van der Waals surface area (Å²) in [5.74, 6) is -1.22. The molecule has 0 saturated carbocycles. The number of nitrogens with one attached hydrogen (secondary N) is 1. The number of anilines is 1.